The van der Waals surface area contributed by atoms with Crippen LogP contribution >= 0.6 is 0 Å². The molecular weight excluding hydrogens is 217 g/mol. The van der Waals surface area contributed by atoms with E-state index in [9.17, 15) is 18.3 Å². The van der Waals surface area contributed by atoms with Crippen LogP contribution in [0.3, 0.4) is 0 Å². The van der Waals surface area contributed by atoms with Gasteiger partial charge in [-0.25, -0.2) is 0 Å². The van der Waals surface area contributed by atoms with E-state index in [2.05, 4.69) is 0 Å². The topological polar surface area (TPSA) is 20.2 Å². The maximum atomic E-state index is 12.0. The van der Waals surface area contributed by atoms with Crippen molar-refractivity contribution in [2.75, 3.05) is 0 Å². The molecule has 1 unspecified atom stereocenters. The van der Waals surface area contributed by atoms with Crippen molar-refractivity contribution in [1.29, 1.82) is 0 Å². The molecule has 4 heteroatoms. The van der Waals surface area contributed by atoms with Gasteiger partial charge in [0.05, 0.1) is 6.10 Å². The first kappa shape index (κ1) is 13.0. The third-order valence-corrected chi connectivity index (χ3v) is 2.62. The van der Waals surface area contributed by atoms with Gasteiger partial charge in [0.2, 0.25) is 0 Å². The molecule has 0 heterocycles. The van der Waals surface area contributed by atoms with E-state index in [0.717, 1.165) is 11.1 Å². The number of aryl methyl sites for hydroxylation is 2. The summed E-state index contributed by atoms with van der Waals surface area (Å²) in [5.41, 5.74) is 2.59. The Balaban J connectivity index is 2.66. The maximum Gasteiger partial charge on any atom is 0.389 e. The Morgan fingerprint density at radius 3 is 2.31 bits per heavy atom. The van der Waals surface area contributed by atoms with Gasteiger partial charge in [0, 0.05) is 6.42 Å². The summed E-state index contributed by atoms with van der Waals surface area (Å²) in [6.07, 6.45) is -6.49. The van der Waals surface area contributed by atoms with Crippen molar-refractivity contribution in [3.63, 3.8) is 0 Å². The zero-order chi connectivity index (χ0) is 12.3. The van der Waals surface area contributed by atoms with E-state index in [-0.39, 0.29) is 6.42 Å². The molecule has 0 spiro atoms. The van der Waals surface area contributed by atoms with Gasteiger partial charge in [-0.05, 0) is 37.0 Å². The Kier molecular flexibility index (Phi) is 3.97. The molecule has 0 bridgehead atoms. The first-order valence-corrected chi connectivity index (χ1v) is 5.11. The monoisotopic (exact) mass is 232 g/mol. The number of hydrogen-bond donors (Lipinski definition) is 1. The minimum atomic E-state index is -4.21. The molecule has 90 valence electrons. The molecule has 1 N–H and O–H groups in total. The number of aliphatic hydroxyl groups is 1. The number of rotatable bonds is 3. The SMILES string of the molecule is Cc1ccc(C(O)CCC(F)(F)F)cc1C. The lowest BCUT2D eigenvalue weighted by Crippen LogP contribution is -2.10. The molecule has 1 nitrogen and oxygen atoms in total. The molecule has 0 aromatic heterocycles. The van der Waals surface area contributed by atoms with Gasteiger partial charge in [0.15, 0.2) is 0 Å². The van der Waals surface area contributed by atoms with Crippen molar-refractivity contribution in [3.05, 3.63) is 34.9 Å². The van der Waals surface area contributed by atoms with Crippen LogP contribution in [0, 0.1) is 13.8 Å². The quantitative estimate of drug-likeness (QED) is 0.842. The number of alkyl halides is 3. The van der Waals surface area contributed by atoms with Gasteiger partial charge in [-0.1, -0.05) is 18.2 Å². The van der Waals surface area contributed by atoms with Gasteiger partial charge >= 0.3 is 6.18 Å². The molecule has 0 amide bonds. The molecule has 1 aromatic carbocycles. The van der Waals surface area contributed by atoms with Gasteiger partial charge in [0.25, 0.3) is 0 Å². The second kappa shape index (κ2) is 4.87. The van der Waals surface area contributed by atoms with Crippen LogP contribution < -0.4 is 0 Å². The fourth-order valence-corrected chi connectivity index (χ4v) is 1.44. The van der Waals surface area contributed by atoms with E-state index < -0.39 is 18.7 Å². The van der Waals surface area contributed by atoms with Crippen LogP contribution in [-0.4, -0.2) is 11.3 Å². The molecule has 0 aliphatic carbocycles. The lowest BCUT2D eigenvalue weighted by Gasteiger charge is -2.13. The van der Waals surface area contributed by atoms with Gasteiger partial charge in [-0.2, -0.15) is 13.2 Å². The number of hydrogen-bond acceptors (Lipinski definition) is 1. The number of aliphatic hydroxyl groups excluding tert-OH is 1. The lowest BCUT2D eigenvalue weighted by molar-refractivity contribution is -0.140. The van der Waals surface area contributed by atoms with Crippen LogP contribution in [0.1, 0.15) is 35.6 Å². The van der Waals surface area contributed by atoms with Crippen LogP contribution in [0.5, 0.6) is 0 Å². The molecule has 1 rings (SSSR count). The summed E-state index contributed by atoms with van der Waals surface area (Å²) in [4.78, 5) is 0. The largest absolute Gasteiger partial charge is 0.389 e. The maximum absolute atomic E-state index is 12.0. The average Bonchev–Trinajstić information content (AvgIpc) is 2.17. The summed E-state index contributed by atoms with van der Waals surface area (Å²) >= 11 is 0. The molecular formula is C12H15F3O. The summed E-state index contributed by atoms with van der Waals surface area (Å²) in [5.74, 6) is 0. The van der Waals surface area contributed by atoms with E-state index in [0.29, 0.717) is 5.56 Å². The van der Waals surface area contributed by atoms with E-state index >= 15 is 0 Å². The molecule has 0 aliphatic heterocycles. The van der Waals surface area contributed by atoms with Crippen molar-refractivity contribution in [2.45, 2.75) is 39.0 Å². The van der Waals surface area contributed by atoms with Crippen molar-refractivity contribution < 1.29 is 18.3 Å². The molecule has 0 saturated carbocycles. The van der Waals surface area contributed by atoms with Crippen LogP contribution in [0.2, 0.25) is 0 Å². The third-order valence-electron chi connectivity index (χ3n) is 2.62. The molecule has 0 fully saturated rings. The zero-order valence-electron chi connectivity index (χ0n) is 9.30. The van der Waals surface area contributed by atoms with Gasteiger partial charge in [-0.15, -0.1) is 0 Å². The second-order valence-corrected chi connectivity index (χ2v) is 4.01. The van der Waals surface area contributed by atoms with Gasteiger partial charge < -0.3 is 5.11 Å². The summed E-state index contributed by atoms with van der Waals surface area (Å²) in [6.45, 7) is 3.79. The highest BCUT2D eigenvalue weighted by molar-refractivity contribution is 5.31. The van der Waals surface area contributed by atoms with Crippen molar-refractivity contribution in [1.82, 2.24) is 0 Å². The summed E-state index contributed by atoms with van der Waals surface area (Å²) < 4.78 is 35.9. The standard InChI is InChI=1S/C12H15F3O/c1-8-3-4-10(7-9(8)2)11(16)5-6-12(13,14)15/h3-4,7,11,16H,5-6H2,1-2H3. The average molecular weight is 232 g/mol. The summed E-state index contributed by atoms with van der Waals surface area (Å²) in [5, 5.41) is 9.60. The lowest BCUT2D eigenvalue weighted by atomic mass is 10.00. The predicted molar refractivity (Wildman–Crippen MR) is 56.2 cm³/mol. The van der Waals surface area contributed by atoms with Crippen molar-refractivity contribution in [3.8, 4) is 0 Å². The van der Waals surface area contributed by atoms with Crippen molar-refractivity contribution >= 4 is 0 Å². The van der Waals surface area contributed by atoms with E-state index in [1.807, 2.05) is 19.9 Å². The summed E-state index contributed by atoms with van der Waals surface area (Å²) in [6, 6.07) is 5.21. The van der Waals surface area contributed by atoms with E-state index in [1.54, 1.807) is 12.1 Å². The zero-order valence-corrected chi connectivity index (χ0v) is 9.30. The van der Waals surface area contributed by atoms with Crippen molar-refractivity contribution in [2.24, 2.45) is 0 Å². The molecule has 16 heavy (non-hydrogen) atoms. The van der Waals surface area contributed by atoms with Crippen LogP contribution in [0.25, 0.3) is 0 Å². The fraction of sp³-hybridized carbons (Fsp3) is 0.500. The fourth-order valence-electron chi connectivity index (χ4n) is 1.44. The highest BCUT2D eigenvalue weighted by Crippen LogP contribution is 2.28. The minimum Gasteiger partial charge on any atom is -0.388 e. The predicted octanol–water partition coefficient (Wildman–Crippen LogP) is 3.68. The Bertz CT molecular complexity index is 358. The van der Waals surface area contributed by atoms with Crippen LogP contribution in [0.4, 0.5) is 13.2 Å². The van der Waals surface area contributed by atoms with Gasteiger partial charge in [0.1, 0.15) is 0 Å². The van der Waals surface area contributed by atoms with E-state index in [4.69, 9.17) is 0 Å². The summed E-state index contributed by atoms with van der Waals surface area (Å²) in [7, 11) is 0. The molecule has 1 atom stereocenters. The molecule has 0 radical (unpaired) electrons. The number of benzene rings is 1. The van der Waals surface area contributed by atoms with E-state index in [1.165, 1.54) is 0 Å². The first-order chi connectivity index (χ1) is 7.29. The minimum absolute atomic E-state index is 0.286. The normalized spacial score (nSPS) is 13.9. The Morgan fingerprint density at radius 2 is 1.81 bits per heavy atom. The Labute approximate surface area is 92.9 Å². The molecule has 0 saturated heterocycles. The second-order valence-electron chi connectivity index (χ2n) is 4.01. The molecule has 0 aliphatic rings. The smallest absolute Gasteiger partial charge is 0.388 e. The first-order valence-electron chi connectivity index (χ1n) is 5.11. The Morgan fingerprint density at radius 1 is 1.19 bits per heavy atom. The highest BCUT2D eigenvalue weighted by Gasteiger charge is 2.28. The van der Waals surface area contributed by atoms with Crippen LogP contribution in [-0.2, 0) is 0 Å². The van der Waals surface area contributed by atoms with Crippen LogP contribution in [0.15, 0.2) is 18.2 Å². The third kappa shape index (κ3) is 3.85. The number of halogens is 3. The van der Waals surface area contributed by atoms with Gasteiger partial charge in [-0.3, -0.25) is 0 Å². The molecule has 1 aromatic rings. The highest BCUT2D eigenvalue weighted by atomic mass is 19.4. The Hall–Kier alpha value is -1.03.